The van der Waals surface area contributed by atoms with Gasteiger partial charge in [0.2, 0.25) is 0 Å². The Bertz CT molecular complexity index is 1070. The van der Waals surface area contributed by atoms with Crippen molar-refractivity contribution in [3.8, 4) is 0 Å². The third-order valence-corrected chi connectivity index (χ3v) is 10.4. The molecule has 4 aliphatic rings. The minimum absolute atomic E-state index is 0.0735. The molecule has 0 spiro atoms. The van der Waals surface area contributed by atoms with Gasteiger partial charge in [0.25, 0.3) is 0 Å². The van der Waals surface area contributed by atoms with Crippen LogP contribution in [-0.4, -0.2) is 51.1 Å². The first-order valence-electron chi connectivity index (χ1n) is 13.1. The first-order chi connectivity index (χ1) is 16.2. The van der Waals surface area contributed by atoms with Crippen LogP contribution in [0, 0.1) is 23.2 Å². The summed E-state index contributed by atoms with van der Waals surface area (Å²) >= 11 is 7.41. The lowest BCUT2D eigenvalue weighted by Crippen LogP contribution is -2.62. The van der Waals surface area contributed by atoms with Crippen LogP contribution < -0.4 is 5.32 Å². The summed E-state index contributed by atoms with van der Waals surface area (Å²) in [6.07, 6.45) is 12.2. The maximum absolute atomic E-state index is 12.3. The number of allylic oxidation sites excluding steroid dienone is 2. The van der Waals surface area contributed by atoms with Gasteiger partial charge in [-0.25, -0.2) is 0 Å². The molecule has 6 rings (SSSR count). The van der Waals surface area contributed by atoms with Crippen molar-refractivity contribution in [2.45, 2.75) is 81.3 Å². The van der Waals surface area contributed by atoms with Crippen LogP contribution >= 0.6 is 11.6 Å². The van der Waals surface area contributed by atoms with Crippen molar-refractivity contribution in [2.75, 3.05) is 14.1 Å². The summed E-state index contributed by atoms with van der Waals surface area (Å²) in [7, 11) is 3.75. The number of fused-ring (bicyclic) bond motifs is 5. The SMILES string of the molecule is CC12CCC3(Cl)CC4CC(O)CCC4CC[C@]3(O)C1CC=C2c1ccc2cn[nH]c2c1.CNC. The molecule has 4 N–H and O–H groups in total. The van der Waals surface area contributed by atoms with Crippen LogP contribution in [-0.2, 0) is 0 Å². The van der Waals surface area contributed by atoms with Gasteiger partial charge in [0.05, 0.1) is 28.3 Å². The van der Waals surface area contributed by atoms with Crippen LogP contribution in [0.3, 0.4) is 0 Å². The highest BCUT2D eigenvalue weighted by atomic mass is 35.5. The molecule has 3 saturated carbocycles. The zero-order valence-corrected chi connectivity index (χ0v) is 21.5. The summed E-state index contributed by atoms with van der Waals surface area (Å²) in [6.45, 7) is 2.35. The zero-order chi connectivity index (χ0) is 24.1. The molecule has 0 saturated heterocycles. The molecule has 5 nitrogen and oxygen atoms in total. The van der Waals surface area contributed by atoms with Gasteiger partial charge in [0.1, 0.15) is 0 Å². The Hall–Kier alpha value is -1.40. The number of aromatic nitrogens is 2. The molecular formula is C28H40ClN3O2. The quantitative estimate of drug-likeness (QED) is 0.415. The number of rotatable bonds is 1. The lowest BCUT2D eigenvalue weighted by Gasteiger charge is -2.57. The Morgan fingerprint density at radius 1 is 1.12 bits per heavy atom. The van der Waals surface area contributed by atoms with Crippen LogP contribution in [0.2, 0.25) is 0 Å². The average molecular weight is 486 g/mol. The summed E-state index contributed by atoms with van der Waals surface area (Å²) in [6, 6.07) is 6.54. The minimum Gasteiger partial charge on any atom is -0.393 e. The molecule has 1 aromatic heterocycles. The normalized spacial score (nSPS) is 41.4. The highest BCUT2D eigenvalue weighted by molar-refractivity contribution is 6.25. The van der Waals surface area contributed by atoms with Crippen LogP contribution in [0.1, 0.15) is 70.3 Å². The van der Waals surface area contributed by atoms with E-state index in [1.165, 1.54) is 11.1 Å². The van der Waals surface area contributed by atoms with Crippen molar-refractivity contribution < 1.29 is 10.2 Å². The molecule has 0 bridgehead atoms. The second kappa shape index (κ2) is 8.92. The first kappa shape index (κ1) is 24.3. The second-order valence-corrected chi connectivity index (χ2v) is 12.3. The Morgan fingerprint density at radius 3 is 2.71 bits per heavy atom. The number of benzene rings is 1. The lowest BCUT2D eigenvalue weighted by molar-refractivity contribution is -0.118. The number of hydrogen-bond donors (Lipinski definition) is 4. The van der Waals surface area contributed by atoms with Gasteiger partial charge >= 0.3 is 0 Å². The predicted molar refractivity (Wildman–Crippen MR) is 139 cm³/mol. The highest BCUT2D eigenvalue weighted by Gasteiger charge is 2.65. The Labute approximate surface area is 208 Å². The fraction of sp³-hybridized carbons (Fsp3) is 0.679. The van der Waals surface area contributed by atoms with Crippen LogP contribution in [0.4, 0.5) is 0 Å². The van der Waals surface area contributed by atoms with Crippen LogP contribution in [0.25, 0.3) is 16.5 Å². The number of aromatic amines is 1. The van der Waals surface area contributed by atoms with E-state index in [9.17, 15) is 10.2 Å². The number of hydrogen-bond acceptors (Lipinski definition) is 4. The second-order valence-electron chi connectivity index (χ2n) is 11.6. The van der Waals surface area contributed by atoms with Crippen LogP contribution in [0.15, 0.2) is 30.5 Å². The fourth-order valence-corrected chi connectivity index (χ4v) is 8.44. The average Bonchev–Trinajstić information content (AvgIpc) is 3.38. The summed E-state index contributed by atoms with van der Waals surface area (Å²) in [5.41, 5.74) is 2.72. The molecule has 6 heteroatoms. The molecule has 186 valence electrons. The minimum atomic E-state index is -0.861. The summed E-state index contributed by atoms with van der Waals surface area (Å²) in [5, 5.41) is 33.8. The lowest BCUT2D eigenvalue weighted by atomic mass is 9.53. The number of nitrogens with one attached hydrogen (secondary N) is 2. The van der Waals surface area contributed by atoms with Gasteiger partial charge in [-0.2, -0.15) is 5.10 Å². The van der Waals surface area contributed by atoms with Gasteiger partial charge in [0, 0.05) is 11.3 Å². The molecule has 7 atom stereocenters. The summed E-state index contributed by atoms with van der Waals surface area (Å²) in [5.74, 6) is 1.18. The number of aliphatic hydroxyl groups excluding tert-OH is 1. The largest absolute Gasteiger partial charge is 0.393 e. The zero-order valence-electron chi connectivity index (χ0n) is 20.8. The van der Waals surface area contributed by atoms with E-state index in [0.717, 1.165) is 68.7 Å². The van der Waals surface area contributed by atoms with Gasteiger partial charge in [-0.3, -0.25) is 5.10 Å². The molecule has 0 amide bonds. The van der Waals surface area contributed by atoms with E-state index in [1.54, 1.807) is 0 Å². The van der Waals surface area contributed by atoms with E-state index < -0.39 is 10.5 Å². The Morgan fingerprint density at radius 2 is 1.91 bits per heavy atom. The summed E-state index contributed by atoms with van der Waals surface area (Å²) in [4.78, 5) is -0.579. The number of H-pyrrole nitrogens is 1. The topological polar surface area (TPSA) is 81.2 Å². The third kappa shape index (κ3) is 3.75. The van der Waals surface area contributed by atoms with Gasteiger partial charge in [-0.05, 0) is 106 Å². The molecular weight excluding hydrogens is 446 g/mol. The molecule has 2 aromatic rings. The molecule has 0 radical (unpaired) electrons. The maximum atomic E-state index is 12.3. The monoisotopic (exact) mass is 485 g/mol. The number of nitrogens with zero attached hydrogens (tertiary/aromatic N) is 1. The van der Waals surface area contributed by atoms with Crippen molar-refractivity contribution in [2.24, 2.45) is 23.2 Å². The number of alkyl halides is 1. The van der Waals surface area contributed by atoms with Crippen molar-refractivity contribution in [3.05, 3.63) is 36.0 Å². The van der Waals surface area contributed by atoms with Crippen molar-refractivity contribution in [1.29, 1.82) is 0 Å². The van der Waals surface area contributed by atoms with Gasteiger partial charge < -0.3 is 15.5 Å². The van der Waals surface area contributed by atoms with Crippen LogP contribution in [0.5, 0.6) is 0 Å². The van der Waals surface area contributed by atoms with Gasteiger partial charge in [0.15, 0.2) is 0 Å². The fourth-order valence-electron chi connectivity index (χ4n) is 7.92. The smallest absolute Gasteiger partial charge is 0.0878 e. The Balaban J connectivity index is 0.000000764. The van der Waals surface area contributed by atoms with E-state index in [-0.39, 0.29) is 17.4 Å². The predicted octanol–water partition coefficient (Wildman–Crippen LogP) is 5.27. The van der Waals surface area contributed by atoms with Crippen molar-refractivity contribution in [3.63, 3.8) is 0 Å². The highest BCUT2D eigenvalue weighted by Crippen LogP contribution is 2.67. The van der Waals surface area contributed by atoms with E-state index in [4.69, 9.17) is 11.6 Å². The Kier molecular flexibility index (Phi) is 6.37. The molecule has 3 fully saturated rings. The summed E-state index contributed by atoms with van der Waals surface area (Å²) < 4.78 is 0. The van der Waals surface area contributed by atoms with Gasteiger partial charge in [-0.15, -0.1) is 11.6 Å². The van der Waals surface area contributed by atoms with Gasteiger partial charge in [-0.1, -0.05) is 25.1 Å². The molecule has 1 aromatic carbocycles. The molecule has 1 heterocycles. The van der Waals surface area contributed by atoms with E-state index >= 15 is 0 Å². The third-order valence-electron chi connectivity index (χ3n) is 9.68. The van der Waals surface area contributed by atoms with E-state index in [1.807, 2.05) is 20.3 Å². The molecule has 6 unspecified atom stereocenters. The number of aliphatic hydroxyl groups is 2. The van der Waals surface area contributed by atoms with Crippen molar-refractivity contribution in [1.82, 2.24) is 15.5 Å². The number of halogens is 1. The van der Waals surface area contributed by atoms with Crippen molar-refractivity contribution >= 4 is 28.1 Å². The van der Waals surface area contributed by atoms with E-state index in [0.29, 0.717) is 11.8 Å². The molecule has 34 heavy (non-hydrogen) atoms. The first-order valence-corrected chi connectivity index (χ1v) is 13.4. The standard InChI is InChI=1S/C26H33ClN2O2.C2H7N/c1-24-10-11-25(27)14-19-12-20(30)5-4-16(19)8-9-26(25,31)23(24)7-6-21(24)17-2-3-18-15-28-29-22(18)13-17;1-3-2/h2-3,6,13,15-16,19-20,23,30-31H,4-5,7-12,14H2,1H3,(H,28,29);3H,1-2H3/t16?,19?,20?,23?,24?,25?,26-;/m0./s1. The molecule has 4 aliphatic carbocycles. The molecule has 0 aliphatic heterocycles. The van der Waals surface area contributed by atoms with E-state index in [2.05, 4.69) is 46.7 Å². The maximum Gasteiger partial charge on any atom is 0.0878 e.